The number of nitrogen functional groups attached to an aromatic ring is 1. The number of hydrogen-bond donors (Lipinski definition) is 2. The second kappa shape index (κ2) is 4.59. The van der Waals surface area contributed by atoms with Gasteiger partial charge < -0.3 is 5.73 Å². The molecule has 0 unspecified atom stereocenters. The van der Waals surface area contributed by atoms with E-state index in [9.17, 15) is 8.42 Å². The largest absolute Gasteiger partial charge is 0.399 e. The fraction of sp³-hybridized carbons (Fsp3) is 0.417. The Hall–Kier alpha value is -1.58. The second-order valence-corrected chi connectivity index (χ2v) is 6.44. The fourth-order valence-electron chi connectivity index (χ4n) is 2.15. The molecule has 18 heavy (non-hydrogen) atoms. The van der Waals surface area contributed by atoms with Gasteiger partial charge >= 0.3 is 0 Å². The first-order chi connectivity index (χ1) is 8.42. The summed E-state index contributed by atoms with van der Waals surface area (Å²) in [7, 11) is -3.63. The molecular weight excluding hydrogens is 250 g/mol. The number of anilines is 1. The smallest absolute Gasteiger partial charge is 0.242 e. The van der Waals surface area contributed by atoms with Gasteiger partial charge in [0.05, 0.1) is 10.5 Å². The maximum atomic E-state index is 12.1. The molecular formula is C12H15N3O2S. The van der Waals surface area contributed by atoms with Gasteiger partial charge in [0.2, 0.25) is 10.0 Å². The predicted molar refractivity (Wildman–Crippen MR) is 68.1 cm³/mol. The minimum absolute atomic E-state index is 0.00115. The van der Waals surface area contributed by atoms with Gasteiger partial charge in [-0.05, 0) is 37.0 Å². The molecule has 0 spiro atoms. The van der Waals surface area contributed by atoms with Gasteiger partial charge in [-0.3, -0.25) is 0 Å². The Labute approximate surface area is 107 Å². The number of nitrogens with one attached hydrogen (secondary N) is 1. The Bertz CT molecular complexity index is 598. The van der Waals surface area contributed by atoms with E-state index < -0.39 is 10.0 Å². The lowest BCUT2D eigenvalue weighted by atomic mass is 9.83. The number of sulfonamides is 1. The lowest BCUT2D eigenvalue weighted by Gasteiger charge is -2.32. The zero-order chi connectivity index (χ0) is 13.3. The van der Waals surface area contributed by atoms with Crippen molar-refractivity contribution >= 4 is 15.7 Å². The molecule has 3 N–H and O–H groups in total. The predicted octanol–water partition coefficient (Wildman–Crippen LogP) is 1.22. The summed E-state index contributed by atoms with van der Waals surface area (Å²) in [5, 5.41) is 8.96. The molecule has 1 saturated carbocycles. The van der Waals surface area contributed by atoms with E-state index in [1.165, 1.54) is 18.2 Å². The zero-order valence-electron chi connectivity index (χ0n) is 10.1. The summed E-state index contributed by atoms with van der Waals surface area (Å²) in [6, 6.07) is 6.07. The lowest BCUT2D eigenvalue weighted by Crippen LogP contribution is -2.43. The van der Waals surface area contributed by atoms with Gasteiger partial charge in [-0.15, -0.1) is 0 Å². The Balaban J connectivity index is 2.27. The second-order valence-electron chi connectivity index (χ2n) is 4.76. The van der Waals surface area contributed by atoms with E-state index in [0.29, 0.717) is 11.6 Å². The van der Waals surface area contributed by atoms with E-state index in [4.69, 9.17) is 11.0 Å². The van der Waals surface area contributed by atoms with E-state index in [0.717, 1.165) is 12.8 Å². The van der Waals surface area contributed by atoms with Crippen molar-refractivity contribution in [1.82, 2.24) is 4.72 Å². The third-order valence-corrected chi connectivity index (χ3v) is 4.69. The first kappa shape index (κ1) is 12.9. The highest BCUT2D eigenvalue weighted by molar-refractivity contribution is 7.89. The summed E-state index contributed by atoms with van der Waals surface area (Å²) in [4.78, 5) is -0.00115. The van der Waals surface area contributed by atoms with Gasteiger partial charge in [0, 0.05) is 11.7 Å². The number of nitriles is 1. The van der Waals surface area contributed by atoms with Crippen molar-refractivity contribution in [2.45, 2.75) is 30.7 Å². The van der Waals surface area contributed by atoms with Crippen LogP contribution in [0.2, 0.25) is 0 Å². The Morgan fingerprint density at radius 3 is 2.67 bits per heavy atom. The maximum Gasteiger partial charge on any atom is 0.242 e. The highest BCUT2D eigenvalue weighted by Crippen LogP contribution is 2.28. The third kappa shape index (κ3) is 2.47. The van der Waals surface area contributed by atoms with E-state index in [-0.39, 0.29) is 16.5 Å². The Kier molecular flexibility index (Phi) is 3.28. The number of benzene rings is 1. The van der Waals surface area contributed by atoms with Crippen LogP contribution in [0.5, 0.6) is 0 Å². The van der Waals surface area contributed by atoms with Crippen LogP contribution in [-0.2, 0) is 10.0 Å². The summed E-state index contributed by atoms with van der Waals surface area (Å²) in [5.74, 6) is 0.555. The average Bonchev–Trinajstić information content (AvgIpc) is 2.26. The van der Waals surface area contributed by atoms with Crippen molar-refractivity contribution in [3.05, 3.63) is 23.8 Å². The summed E-state index contributed by atoms with van der Waals surface area (Å²) in [6.45, 7) is 2.08. The molecule has 1 aromatic rings. The van der Waals surface area contributed by atoms with Crippen LogP contribution < -0.4 is 10.5 Å². The molecule has 6 heteroatoms. The Morgan fingerprint density at radius 1 is 1.44 bits per heavy atom. The molecule has 0 aromatic heterocycles. The molecule has 1 aliphatic carbocycles. The minimum atomic E-state index is -3.63. The minimum Gasteiger partial charge on any atom is -0.399 e. The van der Waals surface area contributed by atoms with E-state index in [1.807, 2.05) is 6.07 Å². The van der Waals surface area contributed by atoms with Gasteiger partial charge in [-0.25, -0.2) is 13.1 Å². The van der Waals surface area contributed by atoms with E-state index in [1.54, 1.807) is 0 Å². The fourth-order valence-corrected chi connectivity index (χ4v) is 3.55. The molecule has 0 radical (unpaired) electrons. The van der Waals surface area contributed by atoms with Crippen LogP contribution in [0.15, 0.2) is 23.1 Å². The summed E-state index contributed by atoms with van der Waals surface area (Å²) < 4.78 is 26.9. The molecule has 0 atom stereocenters. The monoisotopic (exact) mass is 265 g/mol. The van der Waals surface area contributed by atoms with Gasteiger partial charge in [0.15, 0.2) is 0 Å². The van der Waals surface area contributed by atoms with Crippen molar-refractivity contribution in [2.75, 3.05) is 5.73 Å². The molecule has 5 nitrogen and oxygen atoms in total. The van der Waals surface area contributed by atoms with Crippen molar-refractivity contribution in [3.8, 4) is 6.07 Å². The molecule has 1 aromatic carbocycles. The number of nitrogens with two attached hydrogens (primary N) is 1. The quantitative estimate of drug-likeness (QED) is 0.803. The van der Waals surface area contributed by atoms with Crippen molar-refractivity contribution in [2.24, 2.45) is 5.92 Å². The van der Waals surface area contributed by atoms with Crippen LogP contribution in [0.3, 0.4) is 0 Å². The number of nitrogens with zero attached hydrogens (tertiary/aromatic N) is 1. The van der Waals surface area contributed by atoms with Crippen LogP contribution in [0.25, 0.3) is 0 Å². The molecule has 1 fully saturated rings. The molecule has 0 heterocycles. The lowest BCUT2D eigenvalue weighted by molar-refractivity contribution is 0.270. The maximum absolute atomic E-state index is 12.1. The topological polar surface area (TPSA) is 96.0 Å². The number of rotatable bonds is 3. The molecule has 0 bridgehead atoms. The normalized spacial score (nSPS) is 23.1. The van der Waals surface area contributed by atoms with Crippen molar-refractivity contribution in [1.29, 1.82) is 5.26 Å². The van der Waals surface area contributed by atoms with E-state index in [2.05, 4.69) is 11.6 Å². The van der Waals surface area contributed by atoms with Gasteiger partial charge in [-0.2, -0.15) is 5.26 Å². The summed E-state index contributed by atoms with van der Waals surface area (Å²) in [5.41, 5.74) is 5.99. The average molecular weight is 265 g/mol. The van der Waals surface area contributed by atoms with Crippen LogP contribution in [0.1, 0.15) is 25.3 Å². The first-order valence-corrected chi connectivity index (χ1v) is 7.22. The standard InChI is InChI=1S/C12H15N3O2S/c1-8-4-11(5-8)15-18(16,17)12-3-2-10(14)6-9(12)7-13/h2-3,6,8,11,15H,4-5,14H2,1H3. The molecule has 0 saturated heterocycles. The molecule has 0 aliphatic heterocycles. The number of hydrogen-bond acceptors (Lipinski definition) is 4. The first-order valence-electron chi connectivity index (χ1n) is 5.74. The Morgan fingerprint density at radius 2 is 2.11 bits per heavy atom. The van der Waals surface area contributed by atoms with Crippen LogP contribution >= 0.6 is 0 Å². The summed E-state index contributed by atoms with van der Waals surface area (Å²) >= 11 is 0. The molecule has 0 amide bonds. The highest BCUT2D eigenvalue weighted by Gasteiger charge is 2.30. The van der Waals surface area contributed by atoms with Crippen molar-refractivity contribution < 1.29 is 8.42 Å². The van der Waals surface area contributed by atoms with Crippen LogP contribution in [-0.4, -0.2) is 14.5 Å². The van der Waals surface area contributed by atoms with Crippen LogP contribution in [0.4, 0.5) is 5.69 Å². The van der Waals surface area contributed by atoms with Gasteiger partial charge in [-0.1, -0.05) is 6.92 Å². The van der Waals surface area contributed by atoms with E-state index >= 15 is 0 Å². The third-order valence-electron chi connectivity index (χ3n) is 3.11. The zero-order valence-corrected chi connectivity index (χ0v) is 10.9. The van der Waals surface area contributed by atoms with Gasteiger partial charge in [0.1, 0.15) is 6.07 Å². The highest BCUT2D eigenvalue weighted by atomic mass is 32.2. The van der Waals surface area contributed by atoms with Gasteiger partial charge in [0.25, 0.3) is 0 Å². The molecule has 96 valence electrons. The van der Waals surface area contributed by atoms with Crippen molar-refractivity contribution in [3.63, 3.8) is 0 Å². The molecule has 1 aliphatic rings. The SMILES string of the molecule is CC1CC(NS(=O)(=O)c2ccc(N)cc2C#N)C1. The summed E-state index contributed by atoms with van der Waals surface area (Å²) in [6.07, 6.45) is 1.69. The molecule has 2 rings (SSSR count). The van der Waals surface area contributed by atoms with Crippen LogP contribution in [0, 0.1) is 17.2 Å².